The number of amides is 3. The van der Waals surface area contributed by atoms with Crippen molar-refractivity contribution >= 4 is 114 Å². The number of carbonyl (C=O) groups excluding carboxylic acids is 3. The van der Waals surface area contributed by atoms with Crippen molar-refractivity contribution in [3.63, 3.8) is 0 Å². The van der Waals surface area contributed by atoms with Crippen LogP contribution in [0.25, 0.3) is 0 Å². The lowest BCUT2D eigenvalue weighted by molar-refractivity contribution is -0.117. The summed E-state index contributed by atoms with van der Waals surface area (Å²) in [6, 6.07) is 7.78. The third-order valence-electron chi connectivity index (χ3n) is 6.46. The molecule has 0 saturated heterocycles. The van der Waals surface area contributed by atoms with E-state index in [0.717, 1.165) is 6.07 Å². The number of anilines is 3. The average Bonchev–Trinajstić information content (AvgIpc) is 3.52. The molecule has 1 fully saturated rings. The predicted octanol–water partition coefficient (Wildman–Crippen LogP) is 8.23. The smallest absolute Gasteiger partial charge is 0.326 e. The summed E-state index contributed by atoms with van der Waals surface area (Å²) in [4.78, 5) is 37.9. The van der Waals surface area contributed by atoms with Gasteiger partial charge in [0.2, 0.25) is 11.8 Å². The van der Waals surface area contributed by atoms with Crippen molar-refractivity contribution in [3.05, 3.63) is 85.3 Å². The molecule has 1 aliphatic rings. The third-order valence-corrected chi connectivity index (χ3v) is 10.3. The molecule has 2 atom stereocenters. The fraction of sp³-hybridized carbons (Fsp3) is 0.192. The lowest BCUT2D eigenvalue weighted by atomic mass is 10.1. The van der Waals surface area contributed by atoms with Crippen LogP contribution >= 0.6 is 69.6 Å². The number of hydrogen-bond donors (Lipinski definition) is 3. The zero-order valence-corrected chi connectivity index (χ0v) is 27.4. The van der Waals surface area contributed by atoms with Crippen LogP contribution in [0.2, 0.25) is 20.1 Å². The van der Waals surface area contributed by atoms with E-state index in [0.29, 0.717) is 17.7 Å². The zero-order chi connectivity index (χ0) is 34.5. The molecule has 3 amide bonds. The van der Waals surface area contributed by atoms with Gasteiger partial charge in [-0.2, -0.15) is 13.2 Å². The lowest BCUT2D eigenvalue weighted by Crippen LogP contribution is -2.33. The topological polar surface area (TPSA) is 121 Å². The minimum Gasteiger partial charge on any atom is -0.326 e. The zero-order valence-electron chi connectivity index (χ0n) is 22.0. The molecule has 46 heavy (non-hydrogen) atoms. The second-order valence-corrected chi connectivity index (χ2v) is 14.6. The second kappa shape index (κ2) is 13.1. The second-order valence-electron chi connectivity index (χ2n) is 9.60. The fourth-order valence-corrected chi connectivity index (χ4v) is 6.43. The first-order valence-electron chi connectivity index (χ1n) is 12.2. The van der Waals surface area contributed by atoms with Crippen LogP contribution in [0.15, 0.2) is 42.5 Å². The summed E-state index contributed by atoms with van der Waals surface area (Å²) in [5.74, 6) is -10.7. The van der Waals surface area contributed by atoms with Crippen molar-refractivity contribution in [2.24, 2.45) is 5.92 Å². The number of alkyl halides is 5. The van der Waals surface area contributed by atoms with Crippen LogP contribution in [0, 0.1) is 17.6 Å². The number of nitrogens with one attached hydrogen (secondary N) is 3. The summed E-state index contributed by atoms with van der Waals surface area (Å²) in [5.41, 5.74) is -7.79. The molecule has 0 radical (unpaired) electrons. The van der Waals surface area contributed by atoms with Gasteiger partial charge in [-0.3, -0.25) is 14.4 Å². The van der Waals surface area contributed by atoms with Crippen molar-refractivity contribution in [3.8, 4) is 0 Å². The van der Waals surface area contributed by atoms with E-state index < -0.39 is 78.0 Å². The number of rotatable bonds is 8. The Morgan fingerprint density at radius 1 is 0.848 bits per heavy atom. The minimum absolute atomic E-state index is 0.0138. The first kappa shape index (κ1) is 36.2. The van der Waals surface area contributed by atoms with E-state index in [1.54, 1.807) is 0 Å². The minimum atomic E-state index is -5.96. The van der Waals surface area contributed by atoms with Crippen molar-refractivity contribution in [1.29, 1.82) is 0 Å². The van der Waals surface area contributed by atoms with E-state index in [4.69, 9.17) is 69.6 Å². The Morgan fingerprint density at radius 2 is 1.46 bits per heavy atom. The fourth-order valence-electron chi connectivity index (χ4n) is 4.20. The first-order chi connectivity index (χ1) is 21.2. The Balaban J connectivity index is 1.51. The SMILES string of the molecule is O=C(CS(=O)(=O)C(F)(F)F)Nc1c(F)ccc(NC(=O)c2cc(NC(=O)C3[C@H](c4cc(Cl)c(Cl)c(Cl)c4)C3(Cl)Cl)ccc2Cl)c1F. The van der Waals surface area contributed by atoms with Crippen LogP contribution in [-0.4, -0.2) is 41.7 Å². The van der Waals surface area contributed by atoms with Crippen LogP contribution < -0.4 is 16.0 Å². The Hall–Kier alpha value is -2.59. The molecule has 0 spiro atoms. The lowest BCUT2D eigenvalue weighted by Gasteiger charge is -2.14. The highest BCUT2D eigenvalue weighted by atomic mass is 35.5. The van der Waals surface area contributed by atoms with Crippen LogP contribution in [0.1, 0.15) is 21.8 Å². The van der Waals surface area contributed by atoms with Crippen molar-refractivity contribution in [2.45, 2.75) is 15.8 Å². The molecule has 4 rings (SSSR count). The maximum Gasteiger partial charge on any atom is 0.497 e. The highest BCUT2D eigenvalue weighted by Crippen LogP contribution is 2.65. The van der Waals surface area contributed by atoms with E-state index in [9.17, 15) is 40.4 Å². The molecule has 246 valence electrons. The summed E-state index contributed by atoms with van der Waals surface area (Å²) in [7, 11) is -5.96. The molecule has 8 nitrogen and oxygen atoms in total. The monoisotopic (exact) mass is 785 g/mol. The van der Waals surface area contributed by atoms with Gasteiger partial charge in [-0.25, -0.2) is 17.2 Å². The van der Waals surface area contributed by atoms with Gasteiger partial charge in [0, 0.05) is 11.6 Å². The first-order valence-corrected chi connectivity index (χ1v) is 16.1. The van der Waals surface area contributed by atoms with E-state index in [2.05, 4.69) is 5.32 Å². The molecule has 0 aliphatic heterocycles. The molecule has 1 saturated carbocycles. The summed E-state index contributed by atoms with van der Waals surface area (Å²) >= 11 is 37.0. The van der Waals surface area contributed by atoms with Crippen LogP contribution in [0.3, 0.4) is 0 Å². The van der Waals surface area contributed by atoms with Crippen LogP contribution in [0.5, 0.6) is 0 Å². The Labute approximate surface area is 286 Å². The number of hydrogen-bond acceptors (Lipinski definition) is 5. The van der Waals surface area contributed by atoms with Gasteiger partial charge >= 0.3 is 5.51 Å². The average molecular weight is 788 g/mol. The Bertz CT molecular complexity index is 1870. The summed E-state index contributed by atoms with van der Waals surface area (Å²) in [6.45, 7) is 0. The molecule has 0 aromatic heterocycles. The van der Waals surface area contributed by atoms with E-state index in [1.165, 1.54) is 29.6 Å². The van der Waals surface area contributed by atoms with Gasteiger partial charge in [-0.05, 0) is 48.0 Å². The van der Waals surface area contributed by atoms with Crippen molar-refractivity contribution in [2.75, 3.05) is 21.7 Å². The third kappa shape index (κ3) is 7.43. The molecule has 1 aliphatic carbocycles. The Morgan fingerprint density at radius 3 is 2.04 bits per heavy atom. The van der Waals surface area contributed by atoms with Crippen molar-refractivity contribution in [1.82, 2.24) is 0 Å². The van der Waals surface area contributed by atoms with E-state index >= 15 is 4.39 Å². The van der Waals surface area contributed by atoms with Gasteiger partial charge in [-0.1, -0.05) is 46.4 Å². The molecule has 20 heteroatoms. The standard InChI is InChI=1S/C26H14Cl6F5N3O5S/c27-12-2-1-10(38-24(43)19-18(25(19,31)32)9-5-13(28)20(30)14(29)6-9)7-11(12)23(42)39-16-4-3-15(33)22(21(16)34)40-17(41)8-46(44,45)26(35,36)37/h1-7,18-19H,8H2,(H,38,43)(H,39,42)(H,40,41)/t18-,19?/m0/s1. The maximum absolute atomic E-state index is 15.0. The highest BCUT2D eigenvalue weighted by Gasteiger charge is 2.67. The molecule has 0 heterocycles. The van der Waals surface area contributed by atoms with E-state index in [1.807, 2.05) is 5.32 Å². The summed E-state index contributed by atoms with van der Waals surface area (Å²) in [6.07, 6.45) is 0. The normalized spacial score (nSPS) is 17.3. The van der Waals surface area contributed by atoms with Gasteiger partial charge in [0.25, 0.3) is 15.7 Å². The predicted molar refractivity (Wildman–Crippen MR) is 165 cm³/mol. The van der Waals surface area contributed by atoms with Gasteiger partial charge in [0.05, 0.1) is 37.3 Å². The van der Waals surface area contributed by atoms with Gasteiger partial charge < -0.3 is 16.0 Å². The van der Waals surface area contributed by atoms with Crippen LogP contribution in [-0.2, 0) is 19.4 Å². The molecule has 1 unspecified atom stereocenters. The maximum atomic E-state index is 15.0. The van der Waals surface area contributed by atoms with Gasteiger partial charge in [0.1, 0.15) is 21.6 Å². The number of benzene rings is 3. The molecule has 3 aromatic carbocycles. The largest absolute Gasteiger partial charge is 0.497 e. The van der Waals surface area contributed by atoms with Gasteiger partial charge in [0.15, 0.2) is 5.82 Å². The Kier molecular flexibility index (Phi) is 10.4. The number of carbonyl (C=O) groups is 3. The highest BCUT2D eigenvalue weighted by molar-refractivity contribution is 7.92. The molecular formula is C26H14Cl6F5N3O5S. The molecular weight excluding hydrogens is 774 g/mol. The summed E-state index contributed by atoms with van der Waals surface area (Å²) in [5, 5.41) is 6.10. The van der Waals surface area contributed by atoms with E-state index in [-0.39, 0.29) is 31.3 Å². The van der Waals surface area contributed by atoms with Gasteiger partial charge in [-0.15, -0.1) is 23.2 Å². The molecule has 3 aromatic rings. The molecule has 0 bridgehead atoms. The summed E-state index contributed by atoms with van der Waals surface area (Å²) < 4.78 is 87.8. The van der Waals surface area contributed by atoms with Crippen molar-refractivity contribution < 1.29 is 44.8 Å². The van der Waals surface area contributed by atoms with Crippen LogP contribution in [0.4, 0.5) is 39.0 Å². The molecule has 3 N–H and O–H groups in total. The number of halogens is 11. The quantitative estimate of drug-likeness (QED) is 0.121. The number of sulfone groups is 1.